The summed E-state index contributed by atoms with van der Waals surface area (Å²) < 4.78 is 5.44. The van der Waals surface area contributed by atoms with E-state index < -0.39 is 0 Å². The summed E-state index contributed by atoms with van der Waals surface area (Å²) in [5.41, 5.74) is 2.38. The van der Waals surface area contributed by atoms with Gasteiger partial charge in [0.25, 0.3) is 5.91 Å². The van der Waals surface area contributed by atoms with Crippen molar-refractivity contribution in [2.24, 2.45) is 11.8 Å². The number of nitrogens with one attached hydrogen (secondary N) is 1. The van der Waals surface area contributed by atoms with Crippen LogP contribution in [0.4, 0.5) is 5.69 Å². The lowest BCUT2D eigenvalue weighted by atomic mass is 9.92. The van der Waals surface area contributed by atoms with Crippen LogP contribution in [-0.2, 0) is 20.8 Å². The van der Waals surface area contributed by atoms with Crippen LogP contribution in [0.3, 0.4) is 0 Å². The smallest absolute Gasteiger partial charge is 0.262 e. The van der Waals surface area contributed by atoms with Gasteiger partial charge in [-0.15, -0.1) is 0 Å². The van der Waals surface area contributed by atoms with Crippen LogP contribution in [0.1, 0.15) is 83.1 Å². The van der Waals surface area contributed by atoms with Crippen LogP contribution in [0, 0.1) is 11.8 Å². The second kappa shape index (κ2) is 16.4. The molecular formula is C30H41NO5. The van der Waals surface area contributed by atoms with Gasteiger partial charge in [-0.25, -0.2) is 0 Å². The molecule has 0 radical (unpaired) electrons. The molecule has 1 amide bonds. The Kier molecular flexibility index (Phi) is 14.0. The number of benzene rings is 2. The van der Waals surface area contributed by atoms with Gasteiger partial charge in [-0.2, -0.15) is 0 Å². The zero-order valence-electron chi connectivity index (χ0n) is 22.6. The molecule has 6 heteroatoms. The molecule has 2 unspecified atom stereocenters. The minimum atomic E-state index is -0.230. The van der Waals surface area contributed by atoms with Gasteiger partial charge in [-0.1, -0.05) is 52.8 Å². The number of aryl methyl sites for hydroxylation is 1. The van der Waals surface area contributed by atoms with Crippen molar-refractivity contribution in [3.8, 4) is 5.75 Å². The third-order valence-corrected chi connectivity index (χ3v) is 6.15. The number of ketones is 3. The SMILES string of the molecule is CCC(=O)CCC(C)C(C)=O.CCc1cc(NC(=O)COc2ccccc2)ccc1C(=O)C(C)CC. The predicted molar refractivity (Wildman–Crippen MR) is 145 cm³/mol. The Labute approximate surface area is 215 Å². The number of carbonyl (C=O) groups is 4. The average molecular weight is 496 g/mol. The molecule has 0 aliphatic rings. The molecule has 2 aromatic carbocycles. The monoisotopic (exact) mass is 495 g/mol. The number of Topliss-reactive ketones (excluding diaryl/α,β-unsaturated/α-hetero) is 3. The molecule has 0 spiro atoms. The molecule has 0 heterocycles. The molecule has 0 fully saturated rings. The van der Waals surface area contributed by atoms with E-state index in [4.69, 9.17) is 4.74 Å². The fourth-order valence-electron chi connectivity index (χ4n) is 3.28. The molecule has 36 heavy (non-hydrogen) atoms. The van der Waals surface area contributed by atoms with Crippen molar-refractivity contribution in [1.29, 1.82) is 0 Å². The van der Waals surface area contributed by atoms with Gasteiger partial charge in [0.05, 0.1) is 0 Å². The Balaban J connectivity index is 0.000000497. The van der Waals surface area contributed by atoms with Gasteiger partial charge in [0.1, 0.15) is 17.3 Å². The van der Waals surface area contributed by atoms with Crippen molar-refractivity contribution in [3.63, 3.8) is 0 Å². The average Bonchev–Trinajstić information content (AvgIpc) is 2.90. The second-order valence-electron chi connectivity index (χ2n) is 8.99. The molecule has 0 bridgehead atoms. The van der Waals surface area contributed by atoms with Crippen LogP contribution >= 0.6 is 0 Å². The molecule has 6 nitrogen and oxygen atoms in total. The first-order valence-corrected chi connectivity index (χ1v) is 12.8. The van der Waals surface area contributed by atoms with Crippen LogP contribution in [0.2, 0.25) is 0 Å². The fourth-order valence-corrected chi connectivity index (χ4v) is 3.28. The molecule has 0 aliphatic heterocycles. The maximum absolute atomic E-state index is 12.4. The van der Waals surface area contributed by atoms with E-state index in [0.717, 1.165) is 24.0 Å². The maximum atomic E-state index is 12.4. The molecule has 0 aliphatic carbocycles. The number of rotatable bonds is 13. The summed E-state index contributed by atoms with van der Waals surface area (Å²) in [7, 11) is 0. The Morgan fingerprint density at radius 2 is 1.58 bits per heavy atom. The van der Waals surface area contributed by atoms with Crippen molar-refractivity contribution in [2.45, 2.75) is 73.6 Å². The first-order chi connectivity index (χ1) is 17.1. The highest BCUT2D eigenvalue weighted by Gasteiger charge is 2.17. The molecule has 2 rings (SSSR count). The minimum Gasteiger partial charge on any atom is -0.484 e. The standard InChI is InChI=1S/C21H25NO3.C9H16O2/c1-4-15(3)21(24)19-12-11-17(13-16(19)5-2)22-20(23)14-25-18-9-7-6-8-10-18;1-4-9(11)6-5-7(2)8(3)10/h6-13,15H,4-5,14H2,1-3H3,(H,22,23);7H,4-6H2,1-3H3. The van der Waals surface area contributed by atoms with E-state index in [-0.39, 0.29) is 41.7 Å². The Morgan fingerprint density at radius 3 is 2.14 bits per heavy atom. The predicted octanol–water partition coefficient (Wildman–Crippen LogP) is 6.47. The molecule has 1 N–H and O–H groups in total. The molecule has 0 saturated carbocycles. The number of carbonyl (C=O) groups excluding carboxylic acids is 4. The second-order valence-corrected chi connectivity index (χ2v) is 8.99. The Bertz CT molecular complexity index is 1000. The topological polar surface area (TPSA) is 89.5 Å². The van der Waals surface area contributed by atoms with Gasteiger partial charge in [-0.05, 0) is 62.1 Å². The quantitative estimate of drug-likeness (QED) is 0.322. The lowest BCUT2D eigenvalue weighted by molar-refractivity contribution is -0.121. The van der Waals surface area contributed by atoms with Crippen molar-refractivity contribution >= 4 is 28.9 Å². The van der Waals surface area contributed by atoms with E-state index in [2.05, 4.69) is 5.32 Å². The zero-order chi connectivity index (χ0) is 27.1. The van der Waals surface area contributed by atoms with E-state index in [1.54, 1.807) is 31.2 Å². The van der Waals surface area contributed by atoms with E-state index in [1.165, 1.54) is 0 Å². The van der Waals surface area contributed by atoms with Crippen molar-refractivity contribution in [3.05, 3.63) is 59.7 Å². The fraction of sp³-hybridized carbons (Fsp3) is 0.467. The summed E-state index contributed by atoms with van der Waals surface area (Å²) in [6.07, 6.45) is 3.41. The third-order valence-electron chi connectivity index (χ3n) is 6.15. The van der Waals surface area contributed by atoms with Crippen LogP contribution in [0.25, 0.3) is 0 Å². The lowest BCUT2D eigenvalue weighted by Gasteiger charge is -2.14. The highest BCUT2D eigenvalue weighted by Crippen LogP contribution is 2.21. The summed E-state index contributed by atoms with van der Waals surface area (Å²) in [4.78, 5) is 46.1. The minimum absolute atomic E-state index is 0.00464. The highest BCUT2D eigenvalue weighted by molar-refractivity contribution is 6.00. The molecule has 2 aromatic rings. The van der Waals surface area contributed by atoms with Crippen LogP contribution in [-0.4, -0.2) is 29.9 Å². The highest BCUT2D eigenvalue weighted by atomic mass is 16.5. The summed E-state index contributed by atoms with van der Waals surface area (Å²) in [6.45, 7) is 11.2. The molecular weight excluding hydrogens is 454 g/mol. The van der Waals surface area contributed by atoms with Crippen LogP contribution in [0.15, 0.2) is 48.5 Å². The first kappa shape index (κ1) is 30.8. The Morgan fingerprint density at radius 1 is 0.917 bits per heavy atom. The van der Waals surface area contributed by atoms with Gasteiger partial charge >= 0.3 is 0 Å². The zero-order valence-corrected chi connectivity index (χ0v) is 22.6. The van der Waals surface area contributed by atoms with E-state index in [9.17, 15) is 19.2 Å². The molecule has 0 saturated heterocycles. The van der Waals surface area contributed by atoms with Gasteiger partial charge in [-0.3, -0.25) is 19.2 Å². The maximum Gasteiger partial charge on any atom is 0.262 e. The van der Waals surface area contributed by atoms with Crippen molar-refractivity contribution < 1.29 is 23.9 Å². The van der Waals surface area contributed by atoms with Gasteiger partial charge < -0.3 is 10.1 Å². The third kappa shape index (κ3) is 11.0. The molecule has 196 valence electrons. The molecule has 0 aromatic heterocycles. The number of anilines is 1. The largest absolute Gasteiger partial charge is 0.484 e. The Hall–Kier alpha value is -3.28. The summed E-state index contributed by atoms with van der Waals surface area (Å²) >= 11 is 0. The number of hydrogen-bond acceptors (Lipinski definition) is 5. The summed E-state index contributed by atoms with van der Waals surface area (Å²) in [5.74, 6) is 1.06. The van der Waals surface area contributed by atoms with Crippen molar-refractivity contribution in [2.75, 3.05) is 11.9 Å². The summed E-state index contributed by atoms with van der Waals surface area (Å²) in [5, 5.41) is 2.82. The van der Waals surface area contributed by atoms with Crippen molar-refractivity contribution in [1.82, 2.24) is 0 Å². The molecule has 2 atom stereocenters. The van der Waals surface area contributed by atoms with Gasteiger partial charge in [0.2, 0.25) is 0 Å². The summed E-state index contributed by atoms with van der Waals surface area (Å²) in [6, 6.07) is 14.7. The van der Waals surface area contributed by atoms with E-state index >= 15 is 0 Å². The number of para-hydroxylation sites is 1. The van der Waals surface area contributed by atoms with Gasteiger partial charge in [0.15, 0.2) is 12.4 Å². The van der Waals surface area contributed by atoms with Gasteiger partial charge in [0, 0.05) is 35.9 Å². The normalized spacial score (nSPS) is 11.9. The number of amides is 1. The first-order valence-electron chi connectivity index (χ1n) is 12.8. The lowest BCUT2D eigenvalue weighted by Crippen LogP contribution is -2.20. The van der Waals surface area contributed by atoms with Crippen LogP contribution in [0.5, 0.6) is 5.75 Å². The van der Waals surface area contributed by atoms with Crippen LogP contribution < -0.4 is 10.1 Å². The number of hydrogen-bond donors (Lipinski definition) is 1. The number of ether oxygens (including phenoxy) is 1. The van der Waals surface area contributed by atoms with E-state index in [0.29, 0.717) is 30.7 Å². The van der Waals surface area contributed by atoms with E-state index in [1.807, 2.05) is 58.9 Å².